The zero-order valence-corrected chi connectivity index (χ0v) is 8.86. The van der Waals surface area contributed by atoms with Gasteiger partial charge >= 0.3 is 0 Å². The van der Waals surface area contributed by atoms with Crippen LogP contribution in [0.3, 0.4) is 0 Å². The van der Waals surface area contributed by atoms with Crippen LogP contribution in [-0.2, 0) is 11.3 Å². The highest BCUT2D eigenvalue weighted by atomic mass is 32.1. The third kappa shape index (κ3) is 2.10. The van der Waals surface area contributed by atoms with E-state index in [4.69, 9.17) is 0 Å². The van der Waals surface area contributed by atoms with Gasteiger partial charge in [0, 0.05) is 24.2 Å². The van der Waals surface area contributed by atoms with E-state index >= 15 is 0 Å². The van der Waals surface area contributed by atoms with Gasteiger partial charge in [-0.3, -0.25) is 4.79 Å². The Morgan fingerprint density at radius 2 is 2.57 bits per heavy atom. The number of aryl methyl sites for hydroxylation is 1. The summed E-state index contributed by atoms with van der Waals surface area (Å²) in [7, 11) is 0. The third-order valence-corrected chi connectivity index (χ3v) is 3.17. The van der Waals surface area contributed by atoms with Crippen molar-refractivity contribution in [2.45, 2.75) is 13.5 Å². The molecule has 1 amide bonds. The summed E-state index contributed by atoms with van der Waals surface area (Å²) in [6, 6.07) is 0. The van der Waals surface area contributed by atoms with Gasteiger partial charge in [-0.2, -0.15) is 0 Å². The number of carbonyl (C=O) groups excluding carboxylic acids is 1. The van der Waals surface area contributed by atoms with E-state index in [-0.39, 0.29) is 11.8 Å². The van der Waals surface area contributed by atoms with Crippen molar-refractivity contribution in [3.63, 3.8) is 0 Å². The second kappa shape index (κ2) is 4.06. The summed E-state index contributed by atoms with van der Waals surface area (Å²) < 4.78 is 0. The molecule has 76 valence electrons. The van der Waals surface area contributed by atoms with Crippen LogP contribution in [0.2, 0.25) is 0 Å². The summed E-state index contributed by atoms with van der Waals surface area (Å²) in [5.41, 5.74) is 0. The molecule has 1 aromatic heterocycles. The summed E-state index contributed by atoms with van der Waals surface area (Å²) in [4.78, 5) is 16.7. The van der Waals surface area contributed by atoms with Crippen molar-refractivity contribution >= 4 is 17.2 Å². The lowest BCUT2D eigenvalue weighted by Gasteiger charge is -2.25. The molecule has 1 aliphatic rings. The molecule has 0 unspecified atom stereocenters. The van der Waals surface area contributed by atoms with Gasteiger partial charge in [0.25, 0.3) is 0 Å². The molecule has 0 atom stereocenters. The van der Waals surface area contributed by atoms with Crippen LogP contribution in [0.1, 0.15) is 9.88 Å². The van der Waals surface area contributed by atoms with E-state index in [9.17, 15) is 4.79 Å². The van der Waals surface area contributed by atoms with Crippen molar-refractivity contribution in [3.05, 3.63) is 16.1 Å². The molecular weight excluding hydrogens is 198 g/mol. The molecule has 1 aliphatic heterocycles. The summed E-state index contributed by atoms with van der Waals surface area (Å²) in [5.74, 6) is 0.318. The lowest BCUT2D eigenvalue weighted by molar-refractivity contribution is -0.126. The number of thiazole rings is 1. The van der Waals surface area contributed by atoms with Crippen molar-refractivity contribution < 1.29 is 4.79 Å². The monoisotopic (exact) mass is 211 g/mol. The highest BCUT2D eigenvalue weighted by Gasteiger charge is 2.24. The SMILES string of the molecule is Cc1ncc(CNC(=O)C2CNC2)s1. The molecule has 4 nitrogen and oxygen atoms in total. The number of carbonyl (C=O) groups is 1. The molecule has 0 spiro atoms. The smallest absolute Gasteiger partial charge is 0.225 e. The first kappa shape index (κ1) is 9.61. The second-order valence-electron chi connectivity index (χ2n) is 3.42. The zero-order chi connectivity index (χ0) is 9.97. The van der Waals surface area contributed by atoms with Crippen LogP contribution in [0, 0.1) is 12.8 Å². The minimum atomic E-state index is 0.148. The van der Waals surface area contributed by atoms with E-state index < -0.39 is 0 Å². The van der Waals surface area contributed by atoms with E-state index in [1.54, 1.807) is 11.3 Å². The van der Waals surface area contributed by atoms with Crippen LogP contribution in [0.4, 0.5) is 0 Å². The molecule has 5 heteroatoms. The summed E-state index contributed by atoms with van der Waals surface area (Å²) in [6.07, 6.45) is 1.82. The van der Waals surface area contributed by atoms with Crippen molar-refractivity contribution in [3.8, 4) is 0 Å². The van der Waals surface area contributed by atoms with Gasteiger partial charge in [0.1, 0.15) is 0 Å². The van der Waals surface area contributed by atoms with Gasteiger partial charge in [-0.05, 0) is 6.92 Å². The predicted molar refractivity (Wildman–Crippen MR) is 55.1 cm³/mol. The number of nitrogens with one attached hydrogen (secondary N) is 2. The lowest BCUT2D eigenvalue weighted by atomic mass is 10.0. The molecule has 2 rings (SSSR count). The average molecular weight is 211 g/mol. The molecular formula is C9H13N3OS. The van der Waals surface area contributed by atoms with E-state index in [2.05, 4.69) is 15.6 Å². The van der Waals surface area contributed by atoms with E-state index in [1.807, 2.05) is 13.1 Å². The molecule has 14 heavy (non-hydrogen) atoms. The predicted octanol–water partition coefficient (Wildman–Crippen LogP) is 0.287. The van der Waals surface area contributed by atoms with E-state index in [0.717, 1.165) is 23.0 Å². The summed E-state index contributed by atoms with van der Waals surface area (Å²) >= 11 is 1.63. The standard InChI is InChI=1S/C9H13N3OS/c1-6-11-4-8(14-6)5-12-9(13)7-2-10-3-7/h4,7,10H,2-3,5H2,1H3,(H,12,13). The fourth-order valence-corrected chi connectivity index (χ4v) is 2.01. The maximum Gasteiger partial charge on any atom is 0.225 e. The van der Waals surface area contributed by atoms with Gasteiger partial charge in [0.15, 0.2) is 0 Å². The largest absolute Gasteiger partial charge is 0.351 e. The van der Waals surface area contributed by atoms with Crippen LogP contribution in [0.25, 0.3) is 0 Å². The fraction of sp³-hybridized carbons (Fsp3) is 0.556. The molecule has 2 N–H and O–H groups in total. The Kier molecular flexibility index (Phi) is 2.79. The lowest BCUT2D eigenvalue weighted by Crippen LogP contribution is -2.50. The molecule has 1 fully saturated rings. The highest BCUT2D eigenvalue weighted by Crippen LogP contribution is 2.11. The Hall–Kier alpha value is -0.940. The Bertz CT molecular complexity index is 333. The average Bonchev–Trinajstić information content (AvgIpc) is 2.45. The number of nitrogens with zero attached hydrogens (tertiary/aromatic N) is 1. The van der Waals surface area contributed by atoms with Crippen molar-refractivity contribution in [1.29, 1.82) is 0 Å². The van der Waals surface area contributed by atoms with E-state index in [0.29, 0.717) is 6.54 Å². The Labute approximate surface area is 86.7 Å². The van der Waals surface area contributed by atoms with Crippen LogP contribution >= 0.6 is 11.3 Å². The zero-order valence-electron chi connectivity index (χ0n) is 8.04. The van der Waals surface area contributed by atoms with Crippen LogP contribution in [-0.4, -0.2) is 24.0 Å². The van der Waals surface area contributed by atoms with Crippen LogP contribution in [0.5, 0.6) is 0 Å². The topological polar surface area (TPSA) is 54.0 Å². The minimum absolute atomic E-state index is 0.148. The minimum Gasteiger partial charge on any atom is -0.351 e. The number of aromatic nitrogens is 1. The molecule has 1 saturated heterocycles. The maximum atomic E-state index is 11.4. The van der Waals surface area contributed by atoms with Crippen LogP contribution in [0.15, 0.2) is 6.20 Å². The molecule has 2 heterocycles. The van der Waals surface area contributed by atoms with Crippen molar-refractivity contribution in [2.75, 3.05) is 13.1 Å². The number of amides is 1. The molecule has 0 radical (unpaired) electrons. The first-order chi connectivity index (χ1) is 6.75. The summed E-state index contributed by atoms with van der Waals surface area (Å²) in [5, 5.41) is 7.02. The molecule has 0 aliphatic carbocycles. The summed E-state index contributed by atoms with van der Waals surface area (Å²) in [6.45, 7) is 4.20. The Balaban J connectivity index is 1.79. The Morgan fingerprint density at radius 3 is 3.07 bits per heavy atom. The molecule has 1 aromatic rings. The van der Waals surface area contributed by atoms with Crippen molar-refractivity contribution in [2.24, 2.45) is 5.92 Å². The van der Waals surface area contributed by atoms with Gasteiger partial charge in [0.2, 0.25) is 5.91 Å². The highest BCUT2D eigenvalue weighted by molar-refractivity contribution is 7.11. The Morgan fingerprint density at radius 1 is 1.79 bits per heavy atom. The fourth-order valence-electron chi connectivity index (χ4n) is 1.28. The maximum absolute atomic E-state index is 11.4. The first-order valence-corrected chi connectivity index (χ1v) is 5.47. The normalized spacial score (nSPS) is 16.4. The van der Waals surface area contributed by atoms with Gasteiger partial charge in [-0.15, -0.1) is 11.3 Å². The molecule has 0 bridgehead atoms. The quantitative estimate of drug-likeness (QED) is 0.755. The molecule has 0 saturated carbocycles. The van der Waals surface area contributed by atoms with Gasteiger partial charge in [0.05, 0.1) is 17.5 Å². The number of hydrogen-bond acceptors (Lipinski definition) is 4. The van der Waals surface area contributed by atoms with Gasteiger partial charge in [-0.1, -0.05) is 0 Å². The number of rotatable bonds is 3. The third-order valence-electron chi connectivity index (χ3n) is 2.26. The first-order valence-electron chi connectivity index (χ1n) is 4.65. The van der Waals surface area contributed by atoms with Gasteiger partial charge in [-0.25, -0.2) is 4.98 Å². The van der Waals surface area contributed by atoms with Gasteiger partial charge < -0.3 is 10.6 Å². The van der Waals surface area contributed by atoms with E-state index in [1.165, 1.54) is 0 Å². The van der Waals surface area contributed by atoms with Crippen molar-refractivity contribution in [1.82, 2.24) is 15.6 Å². The second-order valence-corrected chi connectivity index (χ2v) is 4.74. The number of hydrogen-bond donors (Lipinski definition) is 2. The molecule has 0 aromatic carbocycles. The van der Waals surface area contributed by atoms with Crippen LogP contribution < -0.4 is 10.6 Å².